The van der Waals surface area contributed by atoms with Gasteiger partial charge in [-0.25, -0.2) is 0 Å². The lowest BCUT2D eigenvalue weighted by atomic mass is 10.1. The summed E-state index contributed by atoms with van der Waals surface area (Å²) in [5.41, 5.74) is 0.284. The van der Waals surface area contributed by atoms with Crippen LogP contribution in [-0.2, 0) is 7.05 Å². The monoisotopic (exact) mass is 226 g/mol. The van der Waals surface area contributed by atoms with Gasteiger partial charge in [0.05, 0.1) is 11.0 Å². The Morgan fingerprint density at radius 3 is 2.41 bits per heavy atom. The minimum Gasteiger partial charge on any atom is -0.316 e. The number of aromatic amines is 1. The highest BCUT2D eigenvalue weighted by Crippen LogP contribution is 2.19. The normalized spacial score (nSPS) is 11.1. The summed E-state index contributed by atoms with van der Waals surface area (Å²) in [6.45, 7) is 0. The first-order valence-electron chi connectivity index (χ1n) is 5.28. The molecule has 2 aromatic carbocycles. The molecular formula is C13H10N2O2. The van der Waals surface area contributed by atoms with E-state index >= 15 is 0 Å². The van der Waals surface area contributed by atoms with Crippen molar-refractivity contribution in [3.8, 4) is 0 Å². The van der Waals surface area contributed by atoms with E-state index in [0.717, 1.165) is 16.3 Å². The maximum Gasteiger partial charge on any atom is 0.316 e. The molecular weight excluding hydrogens is 216 g/mol. The number of aryl methyl sites for hydroxylation is 1. The van der Waals surface area contributed by atoms with Crippen LogP contribution in [0.15, 0.2) is 46.0 Å². The minimum absolute atomic E-state index is 0.534. The third-order valence-corrected chi connectivity index (χ3v) is 2.97. The number of fused-ring (bicyclic) bond motifs is 2. The zero-order valence-electron chi connectivity index (χ0n) is 9.23. The molecule has 0 saturated heterocycles. The van der Waals surface area contributed by atoms with Crippen molar-refractivity contribution in [3.63, 3.8) is 0 Å². The molecule has 0 aliphatic heterocycles. The SMILES string of the molecule is Cn1c(=O)c(=O)[nH]c2cc3ccccc3cc21. The Balaban J connectivity index is 2.61. The Hall–Kier alpha value is -2.36. The van der Waals surface area contributed by atoms with Gasteiger partial charge in [0.15, 0.2) is 0 Å². The number of nitrogens with one attached hydrogen (secondary N) is 1. The highest BCUT2D eigenvalue weighted by Gasteiger charge is 2.05. The van der Waals surface area contributed by atoms with Crippen molar-refractivity contribution < 1.29 is 0 Å². The predicted octanol–water partition coefficient (Wildman–Crippen LogP) is 1.38. The third-order valence-electron chi connectivity index (χ3n) is 2.97. The second-order valence-electron chi connectivity index (χ2n) is 4.03. The molecule has 4 nitrogen and oxygen atoms in total. The molecule has 84 valence electrons. The van der Waals surface area contributed by atoms with Crippen LogP contribution in [0.25, 0.3) is 21.8 Å². The van der Waals surface area contributed by atoms with Crippen LogP contribution in [0.1, 0.15) is 0 Å². The number of rotatable bonds is 0. The summed E-state index contributed by atoms with van der Waals surface area (Å²) < 4.78 is 1.38. The van der Waals surface area contributed by atoms with Gasteiger partial charge < -0.3 is 9.55 Å². The van der Waals surface area contributed by atoms with E-state index in [-0.39, 0.29) is 0 Å². The summed E-state index contributed by atoms with van der Waals surface area (Å²) in [6.07, 6.45) is 0. The molecule has 0 spiro atoms. The lowest BCUT2D eigenvalue weighted by Gasteiger charge is -2.05. The Morgan fingerprint density at radius 2 is 1.71 bits per heavy atom. The third kappa shape index (κ3) is 1.38. The van der Waals surface area contributed by atoms with Crippen LogP contribution in [0.3, 0.4) is 0 Å². The molecule has 4 heteroatoms. The molecule has 0 aliphatic rings. The van der Waals surface area contributed by atoms with Crippen LogP contribution in [0.4, 0.5) is 0 Å². The molecule has 0 atom stereocenters. The van der Waals surface area contributed by atoms with Gasteiger partial charge in [0.25, 0.3) is 0 Å². The van der Waals surface area contributed by atoms with Crippen molar-refractivity contribution in [2.45, 2.75) is 0 Å². The van der Waals surface area contributed by atoms with Crippen LogP contribution in [0, 0.1) is 0 Å². The standard InChI is InChI=1S/C13H10N2O2/c1-15-11-7-9-5-3-2-4-8(9)6-10(11)14-12(16)13(15)17/h2-7H,1H3,(H,14,16). The number of nitrogens with zero attached hydrogens (tertiary/aromatic N) is 1. The first kappa shape index (κ1) is 9.84. The Kier molecular flexibility index (Phi) is 1.92. The highest BCUT2D eigenvalue weighted by atomic mass is 16.2. The Bertz CT molecular complexity index is 843. The molecule has 0 unspecified atom stereocenters. The summed E-state index contributed by atoms with van der Waals surface area (Å²) in [7, 11) is 1.61. The molecule has 3 rings (SSSR count). The van der Waals surface area contributed by atoms with E-state index < -0.39 is 11.1 Å². The fraction of sp³-hybridized carbons (Fsp3) is 0.0769. The molecule has 0 fully saturated rings. The fourth-order valence-electron chi connectivity index (χ4n) is 2.04. The van der Waals surface area contributed by atoms with E-state index in [9.17, 15) is 9.59 Å². The van der Waals surface area contributed by atoms with Gasteiger partial charge in [-0.2, -0.15) is 0 Å². The molecule has 1 N–H and O–H groups in total. The first-order chi connectivity index (χ1) is 8.16. The van der Waals surface area contributed by atoms with Gasteiger partial charge in [-0.1, -0.05) is 24.3 Å². The number of H-pyrrole nitrogens is 1. The maximum absolute atomic E-state index is 11.5. The van der Waals surface area contributed by atoms with Gasteiger partial charge >= 0.3 is 11.1 Å². The smallest absolute Gasteiger partial charge is 0.316 e. The summed E-state index contributed by atoms with van der Waals surface area (Å²) in [5.74, 6) is 0. The van der Waals surface area contributed by atoms with E-state index in [2.05, 4.69) is 4.98 Å². The predicted molar refractivity (Wildman–Crippen MR) is 67.3 cm³/mol. The summed E-state index contributed by atoms with van der Waals surface area (Å²) >= 11 is 0. The van der Waals surface area contributed by atoms with Crippen molar-refractivity contribution in [2.75, 3.05) is 0 Å². The van der Waals surface area contributed by atoms with Crippen molar-refractivity contribution in [2.24, 2.45) is 7.05 Å². The van der Waals surface area contributed by atoms with Crippen molar-refractivity contribution in [3.05, 3.63) is 57.1 Å². The molecule has 0 radical (unpaired) electrons. The van der Waals surface area contributed by atoms with Crippen molar-refractivity contribution >= 4 is 21.8 Å². The van der Waals surface area contributed by atoms with Gasteiger partial charge in [-0.05, 0) is 22.9 Å². The topological polar surface area (TPSA) is 54.9 Å². The molecule has 1 aromatic heterocycles. The summed E-state index contributed by atoms with van der Waals surface area (Å²) in [6, 6.07) is 11.6. The quantitative estimate of drug-likeness (QED) is 0.465. The van der Waals surface area contributed by atoms with Crippen LogP contribution >= 0.6 is 0 Å². The van der Waals surface area contributed by atoms with Crippen LogP contribution in [-0.4, -0.2) is 9.55 Å². The number of hydrogen-bond acceptors (Lipinski definition) is 2. The molecule has 1 heterocycles. The van der Waals surface area contributed by atoms with Crippen LogP contribution < -0.4 is 11.1 Å². The van der Waals surface area contributed by atoms with Gasteiger partial charge in [0.2, 0.25) is 0 Å². The second kappa shape index (κ2) is 3.31. The van der Waals surface area contributed by atoms with E-state index in [1.165, 1.54) is 4.57 Å². The Morgan fingerprint density at radius 1 is 1.06 bits per heavy atom. The number of benzene rings is 2. The average Bonchev–Trinajstić information content (AvgIpc) is 2.34. The molecule has 0 amide bonds. The summed E-state index contributed by atoms with van der Waals surface area (Å²) in [5, 5.41) is 2.08. The zero-order valence-corrected chi connectivity index (χ0v) is 9.23. The Labute approximate surface area is 96.1 Å². The zero-order chi connectivity index (χ0) is 12.0. The van der Waals surface area contributed by atoms with Crippen molar-refractivity contribution in [1.29, 1.82) is 0 Å². The molecule has 0 bridgehead atoms. The molecule has 17 heavy (non-hydrogen) atoms. The molecule has 0 aliphatic carbocycles. The largest absolute Gasteiger partial charge is 0.316 e. The van der Waals surface area contributed by atoms with Crippen LogP contribution in [0.2, 0.25) is 0 Å². The van der Waals surface area contributed by atoms with Gasteiger partial charge in [0.1, 0.15) is 0 Å². The van der Waals surface area contributed by atoms with Gasteiger partial charge in [-0.15, -0.1) is 0 Å². The van der Waals surface area contributed by atoms with Gasteiger partial charge in [0, 0.05) is 7.05 Å². The van der Waals surface area contributed by atoms with E-state index in [4.69, 9.17) is 0 Å². The second-order valence-corrected chi connectivity index (χ2v) is 4.03. The number of hydrogen-bond donors (Lipinski definition) is 1. The van der Waals surface area contributed by atoms with Crippen LogP contribution in [0.5, 0.6) is 0 Å². The summed E-state index contributed by atoms with van der Waals surface area (Å²) in [4.78, 5) is 25.5. The average molecular weight is 226 g/mol. The molecule has 3 aromatic rings. The highest BCUT2D eigenvalue weighted by molar-refractivity contribution is 5.94. The van der Waals surface area contributed by atoms with E-state index in [1.54, 1.807) is 7.05 Å². The molecule has 0 saturated carbocycles. The minimum atomic E-state index is -0.588. The fourth-order valence-corrected chi connectivity index (χ4v) is 2.04. The van der Waals surface area contributed by atoms with E-state index in [1.807, 2.05) is 36.4 Å². The lowest BCUT2D eigenvalue weighted by Crippen LogP contribution is -2.34. The number of aromatic nitrogens is 2. The van der Waals surface area contributed by atoms with E-state index in [0.29, 0.717) is 5.52 Å². The lowest BCUT2D eigenvalue weighted by molar-refractivity contribution is 0.875. The van der Waals surface area contributed by atoms with Gasteiger partial charge in [-0.3, -0.25) is 9.59 Å². The first-order valence-corrected chi connectivity index (χ1v) is 5.28. The maximum atomic E-state index is 11.5. The van der Waals surface area contributed by atoms with Crippen molar-refractivity contribution in [1.82, 2.24) is 9.55 Å².